The van der Waals surface area contributed by atoms with Gasteiger partial charge in [0.25, 0.3) is 0 Å². The summed E-state index contributed by atoms with van der Waals surface area (Å²) < 4.78 is 0. The number of carbonyl (C=O) groups is 1. The van der Waals surface area contributed by atoms with Gasteiger partial charge in [0, 0.05) is 6.54 Å². The van der Waals surface area contributed by atoms with Crippen molar-refractivity contribution < 1.29 is 4.79 Å². The van der Waals surface area contributed by atoms with E-state index in [1.807, 2.05) is 6.07 Å². The number of aryl methyl sites for hydroxylation is 1. The minimum atomic E-state index is -0.428. The van der Waals surface area contributed by atoms with Crippen LogP contribution in [-0.4, -0.2) is 18.5 Å². The normalized spacial score (nSPS) is 12.2. The van der Waals surface area contributed by atoms with Crippen LogP contribution in [0.3, 0.4) is 0 Å². The van der Waals surface area contributed by atoms with Crippen LogP contribution >= 0.6 is 0 Å². The van der Waals surface area contributed by atoms with Crippen LogP contribution in [0.25, 0.3) is 0 Å². The van der Waals surface area contributed by atoms with Crippen LogP contribution in [0.5, 0.6) is 0 Å². The van der Waals surface area contributed by atoms with Gasteiger partial charge in [0.15, 0.2) is 0 Å². The molecule has 0 saturated carbocycles. The lowest BCUT2D eigenvalue weighted by atomic mass is 10.1. The van der Waals surface area contributed by atoms with Gasteiger partial charge in [0.2, 0.25) is 5.91 Å². The van der Waals surface area contributed by atoms with Gasteiger partial charge in [-0.2, -0.15) is 0 Å². The summed E-state index contributed by atoms with van der Waals surface area (Å²) >= 11 is 0. The molecule has 0 radical (unpaired) electrons. The van der Waals surface area contributed by atoms with E-state index in [0.717, 1.165) is 6.42 Å². The Hall–Kier alpha value is -1.35. The van der Waals surface area contributed by atoms with Crippen LogP contribution in [-0.2, 0) is 11.2 Å². The molecule has 0 aliphatic heterocycles. The second-order valence-corrected chi connectivity index (χ2v) is 3.82. The van der Waals surface area contributed by atoms with E-state index in [-0.39, 0.29) is 5.91 Å². The maximum absolute atomic E-state index is 11.2. The Morgan fingerprint density at radius 3 is 2.87 bits per heavy atom. The van der Waals surface area contributed by atoms with Crippen molar-refractivity contribution in [2.45, 2.75) is 26.3 Å². The SMILES string of the molecule is Cc1cccc(CCNC(=O)[C@H](C)N)c1. The number of rotatable bonds is 4. The molecular weight excluding hydrogens is 188 g/mol. The van der Waals surface area contributed by atoms with Crippen molar-refractivity contribution in [3.63, 3.8) is 0 Å². The lowest BCUT2D eigenvalue weighted by Crippen LogP contribution is -2.39. The zero-order chi connectivity index (χ0) is 11.3. The zero-order valence-corrected chi connectivity index (χ0v) is 9.29. The van der Waals surface area contributed by atoms with Crippen LogP contribution in [0, 0.1) is 6.92 Å². The summed E-state index contributed by atoms with van der Waals surface area (Å²) in [7, 11) is 0. The number of hydrogen-bond donors (Lipinski definition) is 2. The van der Waals surface area contributed by atoms with Crippen molar-refractivity contribution in [3.05, 3.63) is 35.4 Å². The van der Waals surface area contributed by atoms with E-state index >= 15 is 0 Å². The van der Waals surface area contributed by atoms with Gasteiger partial charge in [0.1, 0.15) is 0 Å². The summed E-state index contributed by atoms with van der Waals surface area (Å²) in [4.78, 5) is 11.2. The largest absolute Gasteiger partial charge is 0.354 e. The lowest BCUT2D eigenvalue weighted by Gasteiger charge is -2.07. The second-order valence-electron chi connectivity index (χ2n) is 3.82. The van der Waals surface area contributed by atoms with E-state index in [4.69, 9.17) is 5.73 Å². The summed E-state index contributed by atoms with van der Waals surface area (Å²) in [5.74, 6) is -0.0948. The Balaban J connectivity index is 2.35. The highest BCUT2D eigenvalue weighted by Crippen LogP contribution is 2.03. The molecule has 1 aromatic rings. The number of nitrogens with one attached hydrogen (secondary N) is 1. The molecule has 15 heavy (non-hydrogen) atoms. The van der Waals surface area contributed by atoms with E-state index < -0.39 is 6.04 Å². The van der Waals surface area contributed by atoms with Gasteiger partial charge < -0.3 is 11.1 Å². The first-order valence-corrected chi connectivity index (χ1v) is 5.18. The van der Waals surface area contributed by atoms with Gasteiger partial charge in [-0.05, 0) is 25.8 Å². The van der Waals surface area contributed by atoms with Crippen molar-refractivity contribution >= 4 is 5.91 Å². The Kier molecular flexibility index (Phi) is 4.31. The molecule has 0 aliphatic rings. The molecule has 0 unspecified atom stereocenters. The molecule has 1 aromatic carbocycles. The average Bonchev–Trinajstić information content (AvgIpc) is 2.17. The maximum atomic E-state index is 11.2. The van der Waals surface area contributed by atoms with E-state index in [1.165, 1.54) is 11.1 Å². The number of amides is 1. The summed E-state index contributed by atoms with van der Waals surface area (Å²) in [6, 6.07) is 7.84. The Morgan fingerprint density at radius 2 is 2.27 bits per heavy atom. The monoisotopic (exact) mass is 206 g/mol. The number of benzene rings is 1. The Bertz CT molecular complexity index is 334. The smallest absolute Gasteiger partial charge is 0.236 e. The minimum absolute atomic E-state index is 0.0948. The second kappa shape index (κ2) is 5.51. The summed E-state index contributed by atoms with van der Waals surface area (Å²) in [6.07, 6.45) is 0.847. The predicted octanol–water partition coefficient (Wildman–Crippen LogP) is 1.00. The zero-order valence-electron chi connectivity index (χ0n) is 9.29. The van der Waals surface area contributed by atoms with Crippen molar-refractivity contribution in [1.29, 1.82) is 0 Å². The van der Waals surface area contributed by atoms with Crippen LogP contribution in [0.15, 0.2) is 24.3 Å². The first kappa shape index (κ1) is 11.7. The molecule has 3 heteroatoms. The van der Waals surface area contributed by atoms with Gasteiger partial charge in [-0.25, -0.2) is 0 Å². The van der Waals surface area contributed by atoms with Crippen LogP contribution in [0.1, 0.15) is 18.1 Å². The summed E-state index contributed by atoms with van der Waals surface area (Å²) in [6.45, 7) is 4.38. The Labute approximate surface area is 90.7 Å². The maximum Gasteiger partial charge on any atom is 0.236 e. The van der Waals surface area contributed by atoms with Crippen molar-refractivity contribution in [3.8, 4) is 0 Å². The third-order valence-electron chi connectivity index (χ3n) is 2.21. The van der Waals surface area contributed by atoms with Gasteiger partial charge >= 0.3 is 0 Å². The number of nitrogens with two attached hydrogens (primary N) is 1. The topological polar surface area (TPSA) is 55.1 Å². The average molecular weight is 206 g/mol. The van der Waals surface area contributed by atoms with Crippen LogP contribution in [0.2, 0.25) is 0 Å². The molecule has 0 aliphatic carbocycles. The quantitative estimate of drug-likeness (QED) is 0.772. The minimum Gasteiger partial charge on any atom is -0.354 e. The molecule has 1 rings (SSSR count). The molecule has 0 spiro atoms. The molecule has 3 N–H and O–H groups in total. The summed E-state index contributed by atoms with van der Waals surface area (Å²) in [5.41, 5.74) is 7.91. The third kappa shape index (κ3) is 4.13. The summed E-state index contributed by atoms with van der Waals surface area (Å²) in [5, 5.41) is 2.79. The lowest BCUT2D eigenvalue weighted by molar-refractivity contribution is -0.121. The molecule has 3 nitrogen and oxygen atoms in total. The first-order valence-electron chi connectivity index (χ1n) is 5.18. The molecule has 0 fully saturated rings. The molecule has 1 amide bonds. The third-order valence-corrected chi connectivity index (χ3v) is 2.21. The van der Waals surface area contributed by atoms with E-state index in [2.05, 4.69) is 30.4 Å². The van der Waals surface area contributed by atoms with Crippen molar-refractivity contribution in [2.75, 3.05) is 6.54 Å². The molecule has 0 saturated heterocycles. The number of hydrogen-bond acceptors (Lipinski definition) is 2. The molecule has 82 valence electrons. The predicted molar refractivity (Wildman–Crippen MR) is 61.5 cm³/mol. The van der Waals surface area contributed by atoms with Gasteiger partial charge in [0.05, 0.1) is 6.04 Å². The molecule has 0 bridgehead atoms. The number of carbonyl (C=O) groups excluding carboxylic acids is 1. The van der Waals surface area contributed by atoms with Gasteiger partial charge in [-0.1, -0.05) is 29.8 Å². The van der Waals surface area contributed by atoms with Crippen LogP contribution in [0.4, 0.5) is 0 Å². The highest BCUT2D eigenvalue weighted by atomic mass is 16.2. The standard InChI is InChI=1S/C12H18N2O/c1-9-4-3-5-11(8-9)6-7-14-12(15)10(2)13/h3-5,8,10H,6-7,13H2,1-2H3,(H,14,15)/t10-/m0/s1. The van der Waals surface area contributed by atoms with Gasteiger partial charge in [-0.3, -0.25) is 4.79 Å². The fraction of sp³-hybridized carbons (Fsp3) is 0.417. The molecule has 0 aromatic heterocycles. The van der Waals surface area contributed by atoms with E-state index in [9.17, 15) is 4.79 Å². The Morgan fingerprint density at radius 1 is 1.53 bits per heavy atom. The van der Waals surface area contributed by atoms with Gasteiger partial charge in [-0.15, -0.1) is 0 Å². The van der Waals surface area contributed by atoms with Crippen molar-refractivity contribution in [2.24, 2.45) is 5.73 Å². The molecular formula is C12H18N2O. The highest BCUT2D eigenvalue weighted by molar-refractivity contribution is 5.80. The first-order chi connectivity index (χ1) is 7.09. The van der Waals surface area contributed by atoms with Crippen molar-refractivity contribution in [1.82, 2.24) is 5.32 Å². The molecule has 0 heterocycles. The highest BCUT2D eigenvalue weighted by Gasteiger charge is 2.05. The van der Waals surface area contributed by atoms with Crippen LogP contribution < -0.4 is 11.1 Å². The molecule has 1 atom stereocenters. The fourth-order valence-corrected chi connectivity index (χ4v) is 1.36. The van der Waals surface area contributed by atoms with E-state index in [1.54, 1.807) is 6.92 Å². The fourth-order valence-electron chi connectivity index (χ4n) is 1.36. The van der Waals surface area contributed by atoms with E-state index in [0.29, 0.717) is 6.54 Å².